The van der Waals surface area contributed by atoms with Gasteiger partial charge in [-0.1, -0.05) is 18.2 Å². The molecule has 0 N–H and O–H groups in total. The number of benzene rings is 1. The fraction of sp³-hybridized carbons (Fsp3) is 0.250. The lowest BCUT2D eigenvalue weighted by atomic mass is 10.2. The molecule has 0 unspecified atom stereocenters. The van der Waals surface area contributed by atoms with Crippen molar-refractivity contribution in [1.29, 1.82) is 0 Å². The van der Waals surface area contributed by atoms with E-state index < -0.39 is 0 Å². The first-order chi connectivity index (χ1) is 10.3. The molecule has 0 saturated heterocycles. The largest absolute Gasteiger partial charge is 0.380 e. The van der Waals surface area contributed by atoms with Gasteiger partial charge in [-0.2, -0.15) is 0 Å². The van der Waals surface area contributed by atoms with Crippen molar-refractivity contribution in [2.45, 2.75) is 19.4 Å². The summed E-state index contributed by atoms with van der Waals surface area (Å²) < 4.78 is 7.31. The minimum Gasteiger partial charge on any atom is -0.380 e. The van der Waals surface area contributed by atoms with E-state index >= 15 is 0 Å². The summed E-state index contributed by atoms with van der Waals surface area (Å²) in [5.41, 5.74) is 4.90. The highest BCUT2D eigenvalue weighted by atomic mass is 35.5. The molecule has 2 aromatic heterocycles. The molecule has 0 atom stereocenters. The van der Waals surface area contributed by atoms with Crippen molar-refractivity contribution in [2.75, 3.05) is 7.11 Å². The van der Waals surface area contributed by atoms with Crippen LogP contribution in [0.15, 0.2) is 36.5 Å². The molecule has 0 spiro atoms. The number of pyridine rings is 1. The van der Waals surface area contributed by atoms with Crippen molar-refractivity contribution in [1.82, 2.24) is 14.5 Å². The predicted octanol–water partition coefficient (Wildman–Crippen LogP) is 3.61. The van der Waals surface area contributed by atoms with Crippen molar-refractivity contribution in [3.8, 4) is 5.69 Å². The van der Waals surface area contributed by atoms with Gasteiger partial charge in [0.2, 0.25) is 0 Å². The molecule has 0 fully saturated rings. The van der Waals surface area contributed by atoms with E-state index in [4.69, 9.17) is 16.3 Å². The van der Waals surface area contributed by atoms with Crippen molar-refractivity contribution in [2.24, 2.45) is 0 Å². The van der Waals surface area contributed by atoms with Crippen LogP contribution in [0.25, 0.3) is 16.9 Å². The van der Waals surface area contributed by atoms with Crippen LogP contribution in [-0.4, -0.2) is 21.6 Å². The highest BCUT2D eigenvalue weighted by Gasteiger charge is 2.16. The van der Waals surface area contributed by atoms with Crippen LogP contribution in [0.3, 0.4) is 0 Å². The van der Waals surface area contributed by atoms with Crippen LogP contribution in [-0.2, 0) is 17.2 Å². The number of nitrogens with zero attached hydrogens (tertiary/aromatic N) is 3. The van der Waals surface area contributed by atoms with Crippen LogP contribution in [0.4, 0.5) is 0 Å². The van der Waals surface area contributed by atoms with E-state index in [0.717, 1.165) is 33.8 Å². The first kappa shape index (κ1) is 14.0. The zero-order valence-corrected chi connectivity index (χ0v) is 12.8. The molecular weight excluding hydrogens is 286 g/mol. The number of halogens is 1. The lowest BCUT2D eigenvalue weighted by Gasteiger charge is -2.12. The van der Waals surface area contributed by atoms with Gasteiger partial charge in [0.25, 0.3) is 0 Å². The Kier molecular flexibility index (Phi) is 3.90. The number of hydrogen-bond acceptors (Lipinski definition) is 3. The molecule has 0 amide bonds. The molecular formula is C16H16ClN3O. The zero-order chi connectivity index (χ0) is 14.8. The van der Waals surface area contributed by atoms with E-state index in [-0.39, 0.29) is 0 Å². The zero-order valence-electron chi connectivity index (χ0n) is 12.0. The van der Waals surface area contributed by atoms with Crippen molar-refractivity contribution in [3.63, 3.8) is 0 Å². The molecule has 0 aliphatic heterocycles. The summed E-state index contributed by atoms with van der Waals surface area (Å²) in [6.07, 6.45) is 1.80. The van der Waals surface area contributed by atoms with E-state index in [2.05, 4.69) is 9.97 Å². The number of para-hydroxylation sites is 1. The Morgan fingerprint density at radius 2 is 2.05 bits per heavy atom. The average molecular weight is 302 g/mol. The fourth-order valence-corrected chi connectivity index (χ4v) is 2.67. The maximum atomic E-state index is 6.09. The average Bonchev–Trinajstić information content (AvgIpc) is 2.88. The van der Waals surface area contributed by atoms with E-state index in [1.54, 1.807) is 13.3 Å². The van der Waals surface area contributed by atoms with Crippen LogP contribution in [0.5, 0.6) is 0 Å². The molecule has 21 heavy (non-hydrogen) atoms. The number of imidazole rings is 1. The number of methoxy groups -OCH3 is 1. The number of aryl methyl sites for hydroxylation is 1. The number of hydrogen-bond donors (Lipinski definition) is 0. The third-order valence-corrected chi connectivity index (χ3v) is 3.71. The first-order valence-corrected chi connectivity index (χ1v) is 7.26. The monoisotopic (exact) mass is 301 g/mol. The van der Waals surface area contributed by atoms with Gasteiger partial charge in [-0.3, -0.25) is 4.57 Å². The molecule has 3 rings (SSSR count). The van der Waals surface area contributed by atoms with E-state index in [0.29, 0.717) is 12.5 Å². The van der Waals surface area contributed by atoms with Crippen LogP contribution < -0.4 is 0 Å². The summed E-state index contributed by atoms with van der Waals surface area (Å²) in [6, 6.07) is 10.0. The van der Waals surface area contributed by atoms with Gasteiger partial charge in [0.15, 0.2) is 5.65 Å². The Balaban J connectivity index is 2.32. The topological polar surface area (TPSA) is 39.9 Å². The molecule has 4 nitrogen and oxygen atoms in total. The van der Waals surface area contributed by atoms with E-state index in [1.807, 2.05) is 41.8 Å². The van der Waals surface area contributed by atoms with Gasteiger partial charge in [-0.15, -0.1) is 11.6 Å². The smallest absolute Gasteiger partial charge is 0.164 e. The number of alkyl halides is 1. The minimum absolute atomic E-state index is 0.330. The van der Waals surface area contributed by atoms with Gasteiger partial charge in [0, 0.05) is 18.9 Å². The highest BCUT2D eigenvalue weighted by molar-refractivity contribution is 6.17. The van der Waals surface area contributed by atoms with Crippen LogP contribution in [0.2, 0.25) is 0 Å². The second-order valence-electron chi connectivity index (χ2n) is 4.86. The van der Waals surface area contributed by atoms with Gasteiger partial charge in [-0.25, -0.2) is 9.97 Å². The maximum Gasteiger partial charge on any atom is 0.164 e. The second-order valence-corrected chi connectivity index (χ2v) is 5.13. The summed E-state index contributed by atoms with van der Waals surface area (Å²) in [5.74, 6) is 1.12. The highest BCUT2D eigenvalue weighted by Crippen LogP contribution is 2.25. The van der Waals surface area contributed by atoms with Gasteiger partial charge < -0.3 is 4.74 Å². The maximum absolute atomic E-state index is 6.09. The molecule has 0 bridgehead atoms. The van der Waals surface area contributed by atoms with Crippen LogP contribution in [0.1, 0.15) is 17.0 Å². The molecule has 0 radical (unpaired) electrons. The summed E-state index contributed by atoms with van der Waals surface area (Å²) in [6.45, 7) is 2.56. The summed E-state index contributed by atoms with van der Waals surface area (Å²) in [5, 5.41) is 0. The van der Waals surface area contributed by atoms with Crippen molar-refractivity contribution < 1.29 is 4.74 Å². The quantitative estimate of drug-likeness (QED) is 0.691. The van der Waals surface area contributed by atoms with Crippen LogP contribution >= 0.6 is 11.6 Å². The number of ether oxygens (including phenoxy) is 1. The summed E-state index contributed by atoms with van der Waals surface area (Å²) in [4.78, 5) is 9.13. The Labute approximate surface area is 128 Å². The molecule has 3 aromatic rings. The molecule has 0 aliphatic carbocycles. The molecule has 2 heterocycles. The number of rotatable bonds is 4. The molecule has 0 saturated carbocycles. The molecule has 1 aromatic carbocycles. The van der Waals surface area contributed by atoms with Crippen molar-refractivity contribution in [3.05, 3.63) is 53.5 Å². The minimum atomic E-state index is 0.330. The molecule has 108 valence electrons. The molecule has 5 heteroatoms. The number of aromatic nitrogens is 3. The second kappa shape index (κ2) is 5.84. The van der Waals surface area contributed by atoms with E-state index in [1.165, 1.54) is 0 Å². The standard InChI is InChI=1S/C16H16ClN3O/c1-11-7-8-18-16-15(11)19-14(9-17)20(16)13-6-4-3-5-12(13)10-21-2/h3-8H,9-10H2,1-2H3. The normalized spacial score (nSPS) is 11.2. The van der Waals surface area contributed by atoms with Gasteiger partial charge in [0.05, 0.1) is 18.2 Å². The summed E-state index contributed by atoms with van der Waals surface area (Å²) in [7, 11) is 1.69. The third-order valence-electron chi connectivity index (χ3n) is 3.47. The Morgan fingerprint density at radius 1 is 1.24 bits per heavy atom. The first-order valence-electron chi connectivity index (χ1n) is 6.72. The summed E-state index contributed by atoms with van der Waals surface area (Å²) >= 11 is 6.09. The Hall–Kier alpha value is -1.91. The SMILES string of the molecule is COCc1ccccc1-n1c(CCl)nc2c(C)ccnc21. The van der Waals surface area contributed by atoms with Gasteiger partial charge >= 0.3 is 0 Å². The van der Waals surface area contributed by atoms with Gasteiger partial charge in [0.1, 0.15) is 11.3 Å². The number of fused-ring (bicyclic) bond motifs is 1. The third kappa shape index (κ3) is 2.41. The predicted molar refractivity (Wildman–Crippen MR) is 83.9 cm³/mol. The van der Waals surface area contributed by atoms with E-state index in [9.17, 15) is 0 Å². The lowest BCUT2D eigenvalue weighted by Crippen LogP contribution is -2.04. The molecule has 0 aliphatic rings. The van der Waals surface area contributed by atoms with Crippen LogP contribution in [0, 0.1) is 6.92 Å². The Bertz CT molecular complexity index is 782. The lowest BCUT2D eigenvalue weighted by molar-refractivity contribution is 0.185. The van der Waals surface area contributed by atoms with Gasteiger partial charge in [-0.05, 0) is 24.6 Å². The van der Waals surface area contributed by atoms with Crippen molar-refractivity contribution >= 4 is 22.8 Å². The Morgan fingerprint density at radius 3 is 2.81 bits per heavy atom. The fourth-order valence-electron chi connectivity index (χ4n) is 2.49.